The van der Waals surface area contributed by atoms with Crippen molar-refractivity contribution < 1.29 is 33.7 Å². The molecule has 0 radical (unpaired) electrons. The molecule has 0 heterocycles. The van der Waals surface area contributed by atoms with Gasteiger partial charge in [0.05, 0.1) is 32.5 Å². The highest BCUT2D eigenvalue weighted by molar-refractivity contribution is 5.72. The molecule has 0 aliphatic carbocycles. The van der Waals surface area contributed by atoms with E-state index < -0.39 is 24.0 Å². The van der Waals surface area contributed by atoms with Gasteiger partial charge in [-0.3, -0.25) is 14.4 Å². The second-order valence-electron chi connectivity index (χ2n) is 4.25. The maximum atomic E-state index is 11.3. The molecule has 1 atom stereocenters. The van der Waals surface area contributed by atoms with Crippen molar-refractivity contribution in [2.45, 2.75) is 38.7 Å². The Kier molecular flexibility index (Phi) is 10.8. The smallest absolute Gasteiger partial charge is 0.309 e. The Bertz CT molecular complexity index is 351. The number of ether oxygens (including phenoxy) is 3. The predicted molar refractivity (Wildman–Crippen MR) is 73.2 cm³/mol. The van der Waals surface area contributed by atoms with E-state index in [1.807, 2.05) is 0 Å². The lowest BCUT2D eigenvalue weighted by molar-refractivity contribution is -0.151. The summed E-state index contributed by atoms with van der Waals surface area (Å²) in [7, 11) is 0. The molecule has 0 aliphatic rings. The van der Waals surface area contributed by atoms with E-state index >= 15 is 0 Å². The second-order valence-corrected chi connectivity index (χ2v) is 4.25. The van der Waals surface area contributed by atoms with Gasteiger partial charge in [0.1, 0.15) is 12.7 Å². The molecular weight excluding hydrogens is 280 g/mol. The summed E-state index contributed by atoms with van der Waals surface area (Å²) in [6, 6.07) is 0. The first-order valence-electron chi connectivity index (χ1n) is 6.72. The summed E-state index contributed by atoms with van der Waals surface area (Å²) in [5.41, 5.74) is 0. The molecule has 120 valence electrons. The molecule has 0 bridgehead atoms. The fourth-order valence-electron chi connectivity index (χ4n) is 1.27. The molecule has 0 rings (SSSR count). The van der Waals surface area contributed by atoms with Crippen LogP contribution in [0.2, 0.25) is 0 Å². The molecule has 0 aromatic heterocycles. The minimum absolute atomic E-state index is 0.0262. The Hall–Kier alpha value is -1.89. The Morgan fingerprint density at radius 2 is 1.76 bits per heavy atom. The number of carbonyl (C=O) groups is 3. The van der Waals surface area contributed by atoms with Gasteiger partial charge in [0, 0.05) is 6.42 Å². The van der Waals surface area contributed by atoms with E-state index in [0.29, 0.717) is 6.42 Å². The van der Waals surface area contributed by atoms with Gasteiger partial charge in [-0.2, -0.15) is 0 Å². The predicted octanol–water partition coefficient (Wildman–Crippen LogP) is 0.743. The summed E-state index contributed by atoms with van der Waals surface area (Å²) >= 11 is 0. The molecule has 7 heteroatoms. The van der Waals surface area contributed by atoms with Gasteiger partial charge in [0.25, 0.3) is 0 Å². The molecule has 0 saturated heterocycles. The lowest BCUT2D eigenvalue weighted by Crippen LogP contribution is -2.19. The van der Waals surface area contributed by atoms with Crippen LogP contribution in [0.15, 0.2) is 12.7 Å². The average Bonchev–Trinajstić information content (AvgIpc) is 2.39. The number of rotatable bonds is 11. The zero-order valence-corrected chi connectivity index (χ0v) is 12.2. The molecule has 0 aromatic carbocycles. The van der Waals surface area contributed by atoms with Crippen LogP contribution in [0, 0.1) is 0 Å². The SMILES string of the molecule is C=CCC(=O)OCCC(=O)OCCC(C)OC(=O)CCO. The first-order valence-corrected chi connectivity index (χ1v) is 6.72. The van der Waals surface area contributed by atoms with Crippen molar-refractivity contribution in [3.63, 3.8) is 0 Å². The van der Waals surface area contributed by atoms with Crippen molar-refractivity contribution in [3.8, 4) is 0 Å². The highest BCUT2D eigenvalue weighted by atomic mass is 16.6. The number of aliphatic hydroxyl groups is 1. The number of carbonyl (C=O) groups excluding carboxylic acids is 3. The molecule has 0 saturated carbocycles. The molecule has 1 unspecified atom stereocenters. The summed E-state index contributed by atoms with van der Waals surface area (Å²) in [6.45, 7) is 4.87. The van der Waals surface area contributed by atoms with Crippen LogP contribution >= 0.6 is 0 Å². The van der Waals surface area contributed by atoms with E-state index in [2.05, 4.69) is 6.58 Å². The lowest BCUT2D eigenvalue weighted by Gasteiger charge is -2.13. The Labute approximate surface area is 123 Å². The van der Waals surface area contributed by atoms with Crippen LogP contribution in [0.25, 0.3) is 0 Å². The largest absolute Gasteiger partial charge is 0.465 e. The first-order chi connectivity index (χ1) is 9.99. The van der Waals surface area contributed by atoms with Gasteiger partial charge in [-0.25, -0.2) is 0 Å². The summed E-state index contributed by atoms with van der Waals surface area (Å²) in [6.07, 6.45) is 1.40. The standard InChI is InChI=1S/C14H22O7/c1-3-4-12(16)20-10-7-13(17)19-9-6-11(2)21-14(18)5-8-15/h3,11,15H,1,4-10H2,2H3. The summed E-state index contributed by atoms with van der Waals surface area (Å²) in [5, 5.41) is 8.54. The zero-order chi connectivity index (χ0) is 16.1. The quantitative estimate of drug-likeness (QED) is 0.341. The average molecular weight is 302 g/mol. The van der Waals surface area contributed by atoms with Crippen LogP contribution in [0.3, 0.4) is 0 Å². The van der Waals surface area contributed by atoms with Crippen molar-refractivity contribution in [1.29, 1.82) is 0 Å². The van der Waals surface area contributed by atoms with Crippen LogP contribution in [0.1, 0.15) is 32.6 Å². The van der Waals surface area contributed by atoms with Gasteiger partial charge < -0.3 is 19.3 Å². The maximum Gasteiger partial charge on any atom is 0.309 e. The Morgan fingerprint density at radius 1 is 1.10 bits per heavy atom. The third-order valence-electron chi connectivity index (χ3n) is 2.32. The van der Waals surface area contributed by atoms with Crippen molar-refractivity contribution in [1.82, 2.24) is 0 Å². The van der Waals surface area contributed by atoms with Gasteiger partial charge in [-0.1, -0.05) is 6.08 Å². The van der Waals surface area contributed by atoms with E-state index in [1.54, 1.807) is 6.92 Å². The van der Waals surface area contributed by atoms with Crippen LogP contribution < -0.4 is 0 Å². The van der Waals surface area contributed by atoms with Crippen molar-refractivity contribution in [3.05, 3.63) is 12.7 Å². The van der Waals surface area contributed by atoms with Gasteiger partial charge >= 0.3 is 17.9 Å². The number of esters is 3. The minimum Gasteiger partial charge on any atom is -0.465 e. The van der Waals surface area contributed by atoms with Gasteiger partial charge in [0.15, 0.2) is 0 Å². The van der Waals surface area contributed by atoms with Gasteiger partial charge in [-0.05, 0) is 6.92 Å². The van der Waals surface area contributed by atoms with Crippen molar-refractivity contribution >= 4 is 17.9 Å². The fraction of sp³-hybridized carbons (Fsp3) is 0.643. The topological polar surface area (TPSA) is 99.1 Å². The minimum atomic E-state index is -0.495. The number of hydrogen-bond donors (Lipinski definition) is 1. The fourth-order valence-corrected chi connectivity index (χ4v) is 1.27. The summed E-state index contributed by atoms with van der Waals surface area (Å²) in [5.74, 6) is -1.43. The molecule has 0 spiro atoms. The summed E-state index contributed by atoms with van der Waals surface area (Å²) < 4.78 is 14.6. The van der Waals surface area contributed by atoms with Crippen LogP contribution in [0.5, 0.6) is 0 Å². The molecule has 0 aromatic rings. The Morgan fingerprint density at radius 3 is 2.38 bits per heavy atom. The monoisotopic (exact) mass is 302 g/mol. The van der Waals surface area contributed by atoms with Crippen molar-refractivity contribution in [2.24, 2.45) is 0 Å². The molecule has 0 fully saturated rings. The lowest BCUT2D eigenvalue weighted by atomic mass is 10.3. The van der Waals surface area contributed by atoms with Gasteiger partial charge in [-0.15, -0.1) is 6.58 Å². The zero-order valence-electron chi connectivity index (χ0n) is 12.2. The molecule has 0 amide bonds. The molecule has 0 aliphatic heterocycles. The molecule has 21 heavy (non-hydrogen) atoms. The summed E-state index contributed by atoms with van der Waals surface area (Å²) in [4.78, 5) is 33.3. The second kappa shape index (κ2) is 11.9. The highest BCUT2D eigenvalue weighted by Crippen LogP contribution is 2.01. The first kappa shape index (κ1) is 19.1. The van der Waals surface area contributed by atoms with E-state index in [0.717, 1.165) is 0 Å². The van der Waals surface area contributed by atoms with E-state index in [1.165, 1.54) is 6.08 Å². The van der Waals surface area contributed by atoms with Gasteiger partial charge in [0.2, 0.25) is 0 Å². The molecular formula is C14H22O7. The number of aliphatic hydroxyl groups excluding tert-OH is 1. The maximum absolute atomic E-state index is 11.3. The van der Waals surface area contributed by atoms with E-state index in [9.17, 15) is 14.4 Å². The molecule has 7 nitrogen and oxygen atoms in total. The van der Waals surface area contributed by atoms with Crippen LogP contribution in [0.4, 0.5) is 0 Å². The van der Waals surface area contributed by atoms with Crippen LogP contribution in [-0.2, 0) is 28.6 Å². The van der Waals surface area contributed by atoms with E-state index in [4.69, 9.17) is 19.3 Å². The third-order valence-corrected chi connectivity index (χ3v) is 2.32. The van der Waals surface area contributed by atoms with E-state index in [-0.39, 0.29) is 39.1 Å². The van der Waals surface area contributed by atoms with Crippen molar-refractivity contribution in [2.75, 3.05) is 19.8 Å². The normalized spacial score (nSPS) is 11.3. The molecule has 1 N–H and O–H groups in total. The third kappa shape index (κ3) is 11.6. The number of hydrogen-bond acceptors (Lipinski definition) is 7. The van der Waals surface area contributed by atoms with Crippen LogP contribution in [-0.4, -0.2) is 48.9 Å². The highest BCUT2D eigenvalue weighted by Gasteiger charge is 2.11. The Balaban J connectivity index is 3.63.